The largest absolute Gasteiger partial charge is 0.380 e. The average Bonchev–Trinajstić information content (AvgIpc) is 2.16. The van der Waals surface area contributed by atoms with Crippen molar-refractivity contribution in [3.05, 3.63) is 0 Å². The molecule has 0 amide bonds. The van der Waals surface area contributed by atoms with Gasteiger partial charge in [-0.05, 0) is 14.0 Å². The van der Waals surface area contributed by atoms with E-state index < -0.39 is 0 Å². The zero-order valence-electron chi connectivity index (χ0n) is 8.74. The van der Waals surface area contributed by atoms with Gasteiger partial charge in [-0.15, -0.1) is 0 Å². The van der Waals surface area contributed by atoms with E-state index in [1.54, 1.807) is 14.2 Å². The van der Waals surface area contributed by atoms with Crippen molar-refractivity contribution < 1.29 is 14.2 Å². The molecule has 4 heteroatoms. The molecule has 0 aliphatic carbocycles. The maximum Gasteiger partial charge on any atom is 0.160 e. The molecular formula is C9H19NO3. The molecule has 1 rings (SSSR count). The molecule has 0 aromatic carbocycles. The van der Waals surface area contributed by atoms with Gasteiger partial charge in [-0.2, -0.15) is 0 Å². The lowest BCUT2D eigenvalue weighted by Crippen LogP contribution is -2.54. The Morgan fingerprint density at radius 2 is 2.00 bits per heavy atom. The van der Waals surface area contributed by atoms with Gasteiger partial charge in [-0.3, -0.25) is 0 Å². The molecule has 1 N–H and O–H groups in total. The van der Waals surface area contributed by atoms with Crippen LogP contribution in [0.1, 0.15) is 13.3 Å². The average molecular weight is 189 g/mol. The van der Waals surface area contributed by atoms with Gasteiger partial charge in [0.2, 0.25) is 0 Å². The Bertz CT molecular complexity index is 154. The molecule has 0 bridgehead atoms. The first-order valence-corrected chi connectivity index (χ1v) is 4.61. The lowest BCUT2D eigenvalue weighted by atomic mass is 9.99. The van der Waals surface area contributed by atoms with Crippen LogP contribution in [0, 0.1) is 0 Å². The monoisotopic (exact) mass is 189 g/mol. The van der Waals surface area contributed by atoms with Crippen LogP contribution in [0.25, 0.3) is 0 Å². The number of hydrogen-bond acceptors (Lipinski definition) is 4. The van der Waals surface area contributed by atoms with E-state index >= 15 is 0 Å². The van der Waals surface area contributed by atoms with Crippen LogP contribution in [0.2, 0.25) is 0 Å². The van der Waals surface area contributed by atoms with Crippen molar-refractivity contribution in [2.75, 3.05) is 21.3 Å². The van der Waals surface area contributed by atoms with E-state index in [-0.39, 0.29) is 24.5 Å². The standard InChI is InChI=1S/C9H19NO3/c1-6-9(10-2)7(11-3)5-8(12-4)13-6/h6-10H,5H2,1-4H3/t6-,7-,8?,9-/m0/s1. The van der Waals surface area contributed by atoms with Crippen molar-refractivity contribution in [2.24, 2.45) is 0 Å². The topological polar surface area (TPSA) is 39.7 Å². The zero-order chi connectivity index (χ0) is 9.84. The van der Waals surface area contributed by atoms with Gasteiger partial charge in [-0.25, -0.2) is 0 Å². The van der Waals surface area contributed by atoms with E-state index in [1.165, 1.54) is 0 Å². The van der Waals surface area contributed by atoms with E-state index in [0.717, 1.165) is 6.42 Å². The van der Waals surface area contributed by atoms with Crippen molar-refractivity contribution in [1.82, 2.24) is 5.32 Å². The smallest absolute Gasteiger partial charge is 0.160 e. The van der Waals surface area contributed by atoms with Crippen LogP contribution in [0.4, 0.5) is 0 Å². The molecule has 0 aromatic heterocycles. The third-order valence-electron chi connectivity index (χ3n) is 2.60. The molecule has 1 fully saturated rings. The van der Waals surface area contributed by atoms with Crippen molar-refractivity contribution in [3.63, 3.8) is 0 Å². The maximum atomic E-state index is 5.61. The number of likely N-dealkylation sites (N-methyl/N-ethyl adjacent to an activating group) is 1. The molecule has 1 unspecified atom stereocenters. The van der Waals surface area contributed by atoms with Crippen LogP contribution in [0.5, 0.6) is 0 Å². The lowest BCUT2D eigenvalue weighted by molar-refractivity contribution is -0.213. The summed E-state index contributed by atoms with van der Waals surface area (Å²) in [5.74, 6) is 0. The minimum absolute atomic E-state index is 0.119. The number of hydrogen-bond donors (Lipinski definition) is 1. The molecule has 4 atom stereocenters. The first-order valence-electron chi connectivity index (χ1n) is 4.61. The molecule has 1 aliphatic heterocycles. The summed E-state index contributed by atoms with van der Waals surface area (Å²) in [5, 5.41) is 3.19. The van der Waals surface area contributed by atoms with Crippen LogP contribution >= 0.6 is 0 Å². The third-order valence-corrected chi connectivity index (χ3v) is 2.60. The van der Waals surface area contributed by atoms with Gasteiger partial charge in [0.15, 0.2) is 6.29 Å². The predicted octanol–water partition coefficient (Wildman–Crippen LogP) is 0.371. The Hall–Kier alpha value is -0.160. The SMILES string of the molecule is CN[C@H]1[C@H](C)OC(OC)C[C@@H]1OC. The van der Waals surface area contributed by atoms with Gasteiger partial charge in [-0.1, -0.05) is 0 Å². The van der Waals surface area contributed by atoms with Crippen LogP contribution in [-0.2, 0) is 14.2 Å². The normalized spacial score (nSPS) is 40.6. The first kappa shape index (κ1) is 10.9. The molecule has 0 saturated carbocycles. The number of methoxy groups -OCH3 is 2. The van der Waals surface area contributed by atoms with Gasteiger partial charge < -0.3 is 19.5 Å². The van der Waals surface area contributed by atoms with Crippen LogP contribution in [0.3, 0.4) is 0 Å². The highest BCUT2D eigenvalue weighted by Crippen LogP contribution is 2.22. The molecule has 4 nitrogen and oxygen atoms in total. The summed E-state index contributed by atoms with van der Waals surface area (Å²) in [6.07, 6.45) is 0.931. The second-order valence-corrected chi connectivity index (χ2v) is 3.33. The van der Waals surface area contributed by atoms with E-state index in [2.05, 4.69) is 5.32 Å². The summed E-state index contributed by atoms with van der Waals surface area (Å²) in [6.45, 7) is 2.03. The van der Waals surface area contributed by atoms with Gasteiger partial charge in [0, 0.05) is 20.6 Å². The van der Waals surface area contributed by atoms with E-state index in [9.17, 15) is 0 Å². The van der Waals surface area contributed by atoms with Crippen LogP contribution in [0.15, 0.2) is 0 Å². The van der Waals surface area contributed by atoms with Gasteiger partial charge in [0.05, 0.1) is 18.2 Å². The van der Waals surface area contributed by atoms with E-state index in [1.807, 2.05) is 14.0 Å². The minimum atomic E-state index is -0.135. The van der Waals surface area contributed by atoms with Gasteiger partial charge in [0.1, 0.15) is 0 Å². The molecule has 0 aromatic rings. The maximum absolute atomic E-state index is 5.61. The summed E-state index contributed by atoms with van der Waals surface area (Å²) in [5.41, 5.74) is 0. The van der Waals surface area contributed by atoms with Crippen molar-refractivity contribution >= 4 is 0 Å². The number of ether oxygens (including phenoxy) is 3. The molecule has 78 valence electrons. The Balaban J connectivity index is 2.57. The Kier molecular flexibility index (Phi) is 4.12. The van der Waals surface area contributed by atoms with Crippen molar-refractivity contribution in [1.29, 1.82) is 0 Å². The highest BCUT2D eigenvalue weighted by molar-refractivity contribution is 4.86. The quantitative estimate of drug-likeness (QED) is 0.696. The first-order chi connectivity index (χ1) is 6.22. The van der Waals surface area contributed by atoms with E-state index in [0.29, 0.717) is 0 Å². The highest BCUT2D eigenvalue weighted by atomic mass is 16.7. The fourth-order valence-electron chi connectivity index (χ4n) is 1.83. The fraction of sp³-hybridized carbons (Fsp3) is 1.00. The summed E-state index contributed by atoms with van der Waals surface area (Å²) in [6, 6.07) is 0.247. The summed E-state index contributed by atoms with van der Waals surface area (Å²) in [7, 11) is 5.30. The second-order valence-electron chi connectivity index (χ2n) is 3.33. The number of rotatable bonds is 3. The highest BCUT2D eigenvalue weighted by Gasteiger charge is 2.35. The van der Waals surface area contributed by atoms with Crippen molar-refractivity contribution in [2.45, 2.75) is 37.9 Å². The Morgan fingerprint density at radius 1 is 1.31 bits per heavy atom. The molecule has 13 heavy (non-hydrogen) atoms. The summed E-state index contributed by atoms with van der Waals surface area (Å²) < 4.78 is 16.1. The Morgan fingerprint density at radius 3 is 2.46 bits per heavy atom. The Labute approximate surface area is 79.5 Å². The summed E-state index contributed by atoms with van der Waals surface area (Å²) in [4.78, 5) is 0. The second kappa shape index (κ2) is 4.91. The van der Waals surface area contributed by atoms with Gasteiger partial charge >= 0.3 is 0 Å². The third kappa shape index (κ3) is 2.40. The minimum Gasteiger partial charge on any atom is -0.380 e. The molecule has 0 spiro atoms. The molecule has 1 aliphatic rings. The molecule has 1 heterocycles. The van der Waals surface area contributed by atoms with Crippen molar-refractivity contribution in [3.8, 4) is 0 Å². The summed E-state index contributed by atoms with van der Waals surface area (Å²) >= 11 is 0. The predicted molar refractivity (Wildman–Crippen MR) is 49.6 cm³/mol. The van der Waals surface area contributed by atoms with Gasteiger partial charge in [0.25, 0.3) is 0 Å². The van der Waals surface area contributed by atoms with Crippen LogP contribution < -0.4 is 5.32 Å². The zero-order valence-corrected chi connectivity index (χ0v) is 8.74. The fourth-order valence-corrected chi connectivity index (χ4v) is 1.83. The van der Waals surface area contributed by atoms with E-state index in [4.69, 9.17) is 14.2 Å². The van der Waals surface area contributed by atoms with Crippen LogP contribution in [-0.4, -0.2) is 45.8 Å². The lowest BCUT2D eigenvalue weighted by Gasteiger charge is -2.39. The number of nitrogens with one attached hydrogen (secondary N) is 1. The molecule has 1 saturated heterocycles. The molecular weight excluding hydrogens is 170 g/mol. The molecule has 0 radical (unpaired) electrons.